The first-order chi connectivity index (χ1) is 5.63. The molecule has 0 aromatic rings. The van der Waals surface area contributed by atoms with Crippen molar-refractivity contribution in [1.82, 2.24) is 10.2 Å². The Morgan fingerprint density at radius 3 is 2.58 bits per heavy atom. The monoisotopic (exact) mass is 171 g/mol. The van der Waals surface area contributed by atoms with Gasteiger partial charge in [-0.25, -0.2) is 0 Å². The Morgan fingerprint density at radius 1 is 1.58 bits per heavy atom. The van der Waals surface area contributed by atoms with Crippen LogP contribution in [0.15, 0.2) is 0 Å². The third-order valence-corrected chi connectivity index (χ3v) is 1.95. The maximum Gasteiger partial charge on any atom is 0.231 e. The molecule has 0 aromatic carbocycles. The Hall–Kier alpha value is -1.10. The first kappa shape index (κ1) is 8.99. The highest BCUT2D eigenvalue weighted by atomic mass is 16.2. The number of primary amides is 1. The van der Waals surface area contributed by atoms with Crippen LogP contribution in [0.3, 0.4) is 0 Å². The Kier molecular flexibility index (Phi) is 2.65. The highest BCUT2D eigenvalue weighted by molar-refractivity contribution is 5.80. The van der Waals surface area contributed by atoms with Crippen molar-refractivity contribution >= 4 is 11.8 Å². The molecule has 5 heteroatoms. The van der Waals surface area contributed by atoms with E-state index in [0.29, 0.717) is 13.1 Å². The van der Waals surface area contributed by atoms with Crippen molar-refractivity contribution in [3.63, 3.8) is 0 Å². The maximum absolute atomic E-state index is 11.0. The van der Waals surface area contributed by atoms with E-state index >= 15 is 0 Å². The molecule has 0 bridgehead atoms. The number of carbonyl (C=O) groups is 2. The second-order valence-corrected chi connectivity index (χ2v) is 2.97. The minimum atomic E-state index is -0.342. The number of nitrogens with one attached hydrogen (secondary N) is 1. The number of rotatable bonds is 3. The molecule has 0 aliphatic carbocycles. The molecule has 0 spiro atoms. The van der Waals surface area contributed by atoms with Crippen LogP contribution in [0.4, 0.5) is 0 Å². The first-order valence-corrected chi connectivity index (χ1v) is 3.85. The lowest BCUT2D eigenvalue weighted by Gasteiger charge is -2.36. The van der Waals surface area contributed by atoms with Gasteiger partial charge in [0.05, 0.1) is 12.5 Å². The Labute approximate surface area is 70.9 Å². The molecule has 0 aromatic heterocycles. The third kappa shape index (κ3) is 1.94. The van der Waals surface area contributed by atoms with Crippen LogP contribution >= 0.6 is 0 Å². The summed E-state index contributed by atoms with van der Waals surface area (Å²) in [7, 11) is 1.61. The number of likely N-dealkylation sites (tertiary alicyclic amines) is 1. The number of hydrogen-bond donors (Lipinski definition) is 2. The van der Waals surface area contributed by atoms with Gasteiger partial charge < -0.3 is 11.1 Å². The van der Waals surface area contributed by atoms with Gasteiger partial charge in [0, 0.05) is 20.1 Å². The van der Waals surface area contributed by atoms with E-state index in [9.17, 15) is 9.59 Å². The summed E-state index contributed by atoms with van der Waals surface area (Å²) in [5, 5.41) is 2.56. The van der Waals surface area contributed by atoms with Crippen LogP contribution in [0.5, 0.6) is 0 Å². The molecule has 1 aliphatic rings. The number of hydrogen-bond acceptors (Lipinski definition) is 3. The van der Waals surface area contributed by atoms with Gasteiger partial charge in [0.1, 0.15) is 0 Å². The van der Waals surface area contributed by atoms with Gasteiger partial charge in [-0.15, -0.1) is 0 Å². The molecule has 5 nitrogen and oxygen atoms in total. The number of nitrogens with zero attached hydrogens (tertiary/aromatic N) is 1. The fraction of sp³-hybridized carbons (Fsp3) is 0.714. The summed E-state index contributed by atoms with van der Waals surface area (Å²) in [6.45, 7) is 1.54. The standard InChI is InChI=1S/C7H13N3O2/c1-9-7(12)5-2-10(3-5)4-6(8)11/h5H,2-4H2,1H3,(H2,8,11)(H,9,12). The lowest BCUT2D eigenvalue weighted by Crippen LogP contribution is -2.55. The molecular formula is C7H13N3O2. The number of carbonyl (C=O) groups excluding carboxylic acids is 2. The highest BCUT2D eigenvalue weighted by Crippen LogP contribution is 2.13. The molecule has 12 heavy (non-hydrogen) atoms. The maximum atomic E-state index is 11.0. The van der Waals surface area contributed by atoms with E-state index < -0.39 is 0 Å². The molecule has 1 aliphatic heterocycles. The average molecular weight is 171 g/mol. The summed E-state index contributed by atoms with van der Waals surface area (Å²) in [4.78, 5) is 23.2. The van der Waals surface area contributed by atoms with Gasteiger partial charge in [-0.05, 0) is 0 Å². The zero-order valence-electron chi connectivity index (χ0n) is 7.04. The summed E-state index contributed by atoms with van der Waals surface area (Å²) >= 11 is 0. The van der Waals surface area contributed by atoms with Crippen molar-refractivity contribution in [1.29, 1.82) is 0 Å². The van der Waals surface area contributed by atoms with Crippen LogP contribution in [-0.4, -0.2) is 43.4 Å². The normalized spacial score (nSPS) is 18.4. The van der Waals surface area contributed by atoms with E-state index in [2.05, 4.69) is 5.32 Å². The van der Waals surface area contributed by atoms with Gasteiger partial charge in [0.15, 0.2) is 0 Å². The Balaban J connectivity index is 2.20. The summed E-state index contributed by atoms with van der Waals surface area (Å²) in [5.74, 6) is -0.268. The minimum absolute atomic E-state index is 0.0364. The highest BCUT2D eigenvalue weighted by Gasteiger charge is 2.32. The van der Waals surface area contributed by atoms with Crippen LogP contribution in [0.1, 0.15) is 0 Å². The zero-order chi connectivity index (χ0) is 9.14. The van der Waals surface area contributed by atoms with Crippen molar-refractivity contribution in [2.75, 3.05) is 26.7 Å². The van der Waals surface area contributed by atoms with E-state index in [1.165, 1.54) is 0 Å². The van der Waals surface area contributed by atoms with Crippen molar-refractivity contribution in [2.45, 2.75) is 0 Å². The Bertz CT molecular complexity index is 199. The predicted octanol–water partition coefficient (Wildman–Crippen LogP) is -1.85. The smallest absolute Gasteiger partial charge is 0.231 e. The van der Waals surface area contributed by atoms with Crippen molar-refractivity contribution in [3.8, 4) is 0 Å². The molecular weight excluding hydrogens is 158 g/mol. The quantitative estimate of drug-likeness (QED) is 0.523. The number of nitrogens with two attached hydrogens (primary N) is 1. The minimum Gasteiger partial charge on any atom is -0.369 e. The SMILES string of the molecule is CNC(=O)C1CN(CC(N)=O)C1. The molecule has 0 radical (unpaired) electrons. The zero-order valence-corrected chi connectivity index (χ0v) is 7.04. The van der Waals surface area contributed by atoms with E-state index in [0.717, 1.165) is 0 Å². The molecule has 2 amide bonds. The lowest BCUT2D eigenvalue weighted by atomic mass is 9.99. The summed E-state index contributed by atoms with van der Waals surface area (Å²) in [5.41, 5.74) is 4.98. The predicted molar refractivity (Wildman–Crippen MR) is 43.2 cm³/mol. The van der Waals surface area contributed by atoms with E-state index in [1.54, 1.807) is 7.05 Å². The van der Waals surface area contributed by atoms with E-state index in [1.807, 2.05) is 4.90 Å². The van der Waals surface area contributed by atoms with Crippen LogP contribution < -0.4 is 11.1 Å². The molecule has 1 heterocycles. The fourth-order valence-electron chi connectivity index (χ4n) is 1.29. The topological polar surface area (TPSA) is 75.4 Å². The van der Waals surface area contributed by atoms with Crippen LogP contribution in [0, 0.1) is 5.92 Å². The molecule has 0 atom stereocenters. The molecule has 0 saturated carbocycles. The molecule has 0 unspecified atom stereocenters. The van der Waals surface area contributed by atoms with E-state index in [4.69, 9.17) is 5.73 Å². The number of amides is 2. The van der Waals surface area contributed by atoms with Gasteiger partial charge in [0.25, 0.3) is 0 Å². The second-order valence-electron chi connectivity index (χ2n) is 2.97. The fourth-order valence-corrected chi connectivity index (χ4v) is 1.29. The van der Waals surface area contributed by atoms with Crippen molar-refractivity contribution in [3.05, 3.63) is 0 Å². The molecule has 1 fully saturated rings. The Morgan fingerprint density at radius 2 is 2.17 bits per heavy atom. The molecule has 1 rings (SSSR count). The van der Waals surface area contributed by atoms with E-state index in [-0.39, 0.29) is 24.3 Å². The first-order valence-electron chi connectivity index (χ1n) is 3.85. The van der Waals surface area contributed by atoms with Gasteiger partial charge in [0.2, 0.25) is 11.8 Å². The van der Waals surface area contributed by atoms with Crippen LogP contribution in [0.25, 0.3) is 0 Å². The van der Waals surface area contributed by atoms with Crippen LogP contribution in [0.2, 0.25) is 0 Å². The lowest BCUT2D eigenvalue weighted by molar-refractivity contribution is -0.132. The molecule has 1 saturated heterocycles. The summed E-state index contributed by atoms with van der Waals surface area (Å²) in [6.07, 6.45) is 0. The average Bonchev–Trinajstić information content (AvgIpc) is 1.94. The van der Waals surface area contributed by atoms with Gasteiger partial charge in [-0.2, -0.15) is 0 Å². The van der Waals surface area contributed by atoms with Gasteiger partial charge in [-0.3, -0.25) is 14.5 Å². The summed E-state index contributed by atoms with van der Waals surface area (Å²) < 4.78 is 0. The summed E-state index contributed by atoms with van der Waals surface area (Å²) in [6, 6.07) is 0. The van der Waals surface area contributed by atoms with Crippen molar-refractivity contribution < 1.29 is 9.59 Å². The van der Waals surface area contributed by atoms with Gasteiger partial charge >= 0.3 is 0 Å². The second kappa shape index (κ2) is 3.53. The molecule has 3 N–H and O–H groups in total. The van der Waals surface area contributed by atoms with Crippen molar-refractivity contribution in [2.24, 2.45) is 11.7 Å². The van der Waals surface area contributed by atoms with Crippen LogP contribution in [-0.2, 0) is 9.59 Å². The largest absolute Gasteiger partial charge is 0.369 e. The van der Waals surface area contributed by atoms with Gasteiger partial charge in [-0.1, -0.05) is 0 Å². The third-order valence-electron chi connectivity index (χ3n) is 1.95. The molecule has 68 valence electrons.